The standard InChI is InChI=1S/C13H20N2O3S2/c1-4-9-5-6-10-11(7-9)19-13(14-10)15-12(16)8(2)20(3,17)18/h8-9H,4-7H2,1-3H3,(H,14,15,16). The summed E-state index contributed by atoms with van der Waals surface area (Å²) < 4.78 is 22.7. The van der Waals surface area contributed by atoms with Crippen molar-refractivity contribution >= 4 is 32.2 Å². The summed E-state index contributed by atoms with van der Waals surface area (Å²) in [5.41, 5.74) is 1.06. The Hall–Kier alpha value is -0.950. The highest BCUT2D eigenvalue weighted by Crippen LogP contribution is 2.33. The number of anilines is 1. The van der Waals surface area contributed by atoms with Crippen LogP contribution in [0.25, 0.3) is 0 Å². The van der Waals surface area contributed by atoms with E-state index >= 15 is 0 Å². The van der Waals surface area contributed by atoms with E-state index in [1.165, 1.54) is 23.1 Å². The summed E-state index contributed by atoms with van der Waals surface area (Å²) >= 11 is 1.47. The first-order chi connectivity index (χ1) is 9.31. The van der Waals surface area contributed by atoms with Crippen molar-refractivity contribution in [3.05, 3.63) is 10.6 Å². The molecule has 5 nitrogen and oxygen atoms in total. The lowest BCUT2D eigenvalue weighted by atomic mass is 9.89. The highest BCUT2D eigenvalue weighted by Gasteiger charge is 2.26. The molecule has 20 heavy (non-hydrogen) atoms. The van der Waals surface area contributed by atoms with E-state index in [1.807, 2.05) is 0 Å². The third kappa shape index (κ3) is 3.38. The lowest BCUT2D eigenvalue weighted by Gasteiger charge is -2.18. The molecule has 1 amide bonds. The summed E-state index contributed by atoms with van der Waals surface area (Å²) in [6.07, 6.45) is 5.32. The molecule has 1 aromatic heterocycles. The second kappa shape index (κ2) is 5.81. The SMILES string of the molecule is CCC1CCc2nc(NC(=O)C(C)S(C)(=O)=O)sc2C1. The Morgan fingerprint density at radius 1 is 1.55 bits per heavy atom. The van der Waals surface area contributed by atoms with Gasteiger partial charge in [0, 0.05) is 11.1 Å². The van der Waals surface area contributed by atoms with Crippen LogP contribution in [-0.4, -0.2) is 30.8 Å². The second-order valence-corrected chi connectivity index (χ2v) is 8.82. The van der Waals surface area contributed by atoms with Crippen LogP contribution < -0.4 is 5.32 Å². The van der Waals surface area contributed by atoms with E-state index in [9.17, 15) is 13.2 Å². The van der Waals surface area contributed by atoms with Gasteiger partial charge in [-0.15, -0.1) is 11.3 Å². The number of sulfone groups is 1. The zero-order valence-corrected chi connectivity index (χ0v) is 13.6. The van der Waals surface area contributed by atoms with Gasteiger partial charge in [-0.2, -0.15) is 0 Å². The van der Waals surface area contributed by atoms with Gasteiger partial charge in [0.15, 0.2) is 15.0 Å². The Balaban J connectivity index is 2.09. The monoisotopic (exact) mass is 316 g/mol. The minimum Gasteiger partial charge on any atom is -0.301 e. The van der Waals surface area contributed by atoms with Crippen LogP contribution in [-0.2, 0) is 27.5 Å². The van der Waals surface area contributed by atoms with Crippen LogP contribution in [0.2, 0.25) is 0 Å². The molecule has 1 heterocycles. The molecular formula is C13H20N2O3S2. The quantitative estimate of drug-likeness (QED) is 0.922. The molecule has 2 rings (SSSR count). The largest absolute Gasteiger partial charge is 0.301 e. The number of hydrogen-bond acceptors (Lipinski definition) is 5. The van der Waals surface area contributed by atoms with Crippen molar-refractivity contribution in [3.63, 3.8) is 0 Å². The fraction of sp³-hybridized carbons (Fsp3) is 0.692. The molecule has 112 valence electrons. The van der Waals surface area contributed by atoms with Gasteiger partial charge in [0.25, 0.3) is 0 Å². The number of rotatable bonds is 4. The number of thiazole rings is 1. The van der Waals surface area contributed by atoms with Crippen LogP contribution in [0.4, 0.5) is 5.13 Å². The predicted molar refractivity (Wildman–Crippen MR) is 80.9 cm³/mol. The Morgan fingerprint density at radius 3 is 2.85 bits per heavy atom. The summed E-state index contributed by atoms with van der Waals surface area (Å²) in [6, 6.07) is 0. The minimum absolute atomic E-state index is 0.509. The first kappa shape index (κ1) is 15.4. The van der Waals surface area contributed by atoms with Crippen molar-refractivity contribution in [1.29, 1.82) is 0 Å². The highest BCUT2D eigenvalue weighted by molar-refractivity contribution is 7.92. The number of fused-ring (bicyclic) bond motifs is 1. The molecule has 0 radical (unpaired) electrons. The maximum absolute atomic E-state index is 11.9. The van der Waals surface area contributed by atoms with Crippen LogP contribution in [0.3, 0.4) is 0 Å². The summed E-state index contributed by atoms with van der Waals surface area (Å²) in [6.45, 7) is 3.58. The highest BCUT2D eigenvalue weighted by atomic mass is 32.2. The molecule has 2 unspecified atom stereocenters. The maximum Gasteiger partial charge on any atom is 0.244 e. The molecule has 0 aliphatic heterocycles. The summed E-state index contributed by atoms with van der Waals surface area (Å²) in [5.74, 6) is 0.187. The van der Waals surface area contributed by atoms with Gasteiger partial charge >= 0.3 is 0 Å². The van der Waals surface area contributed by atoms with Crippen molar-refractivity contribution in [2.24, 2.45) is 5.92 Å². The average molecular weight is 316 g/mol. The van der Waals surface area contributed by atoms with Gasteiger partial charge in [-0.25, -0.2) is 13.4 Å². The number of hydrogen-bond donors (Lipinski definition) is 1. The molecule has 0 spiro atoms. The third-order valence-corrected chi connectivity index (χ3v) is 6.39. The topological polar surface area (TPSA) is 76.1 Å². The van der Waals surface area contributed by atoms with Crippen LogP contribution >= 0.6 is 11.3 Å². The van der Waals surface area contributed by atoms with Crippen LogP contribution in [0.15, 0.2) is 0 Å². The van der Waals surface area contributed by atoms with E-state index in [0.29, 0.717) is 11.0 Å². The predicted octanol–water partition coefficient (Wildman–Crippen LogP) is 2.03. The first-order valence-corrected chi connectivity index (χ1v) is 9.56. The van der Waals surface area contributed by atoms with Gasteiger partial charge in [0.05, 0.1) is 5.69 Å². The van der Waals surface area contributed by atoms with Crippen LogP contribution in [0.1, 0.15) is 37.3 Å². The summed E-state index contributed by atoms with van der Waals surface area (Å²) in [4.78, 5) is 17.5. The molecule has 1 aromatic rings. The molecule has 1 aliphatic rings. The van der Waals surface area contributed by atoms with Gasteiger partial charge in [-0.05, 0) is 32.1 Å². The van der Waals surface area contributed by atoms with E-state index < -0.39 is 21.0 Å². The molecule has 1 N–H and O–H groups in total. The smallest absolute Gasteiger partial charge is 0.244 e. The number of nitrogens with zero attached hydrogens (tertiary/aromatic N) is 1. The van der Waals surface area contributed by atoms with Gasteiger partial charge < -0.3 is 5.32 Å². The zero-order chi connectivity index (χ0) is 14.9. The van der Waals surface area contributed by atoms with E-state index in [1.54, 1.807) is 0 Å². The number of carbonyl (C=O) groups is 1. The van der Waals surface area contributed by atoms with Gasteiger partial charge in [0.2, 0.25) is 5.91 Å². The number of amides is 1. The fourth-order valence-electron chi connectivity index (χ4n) is 2.25. The Kier molecular flexibility index (Phi) is 4.49. The van der Waals surface area contributed by atoms with Gasteiger partial charge in [-0.1, -0.05) is 13.3 Å². The molecule has 0 bridgehead atoms. The number of carbonyl (C=O) groups excluding carboxylic acids is 1. The number of aryl methyl sites for hydroxylation is 1. The Morgan fingerprint density at radius 2 is 2.25 bits per heavy atom. The fourth-order valence-corrected chi connectivity index (χ4v) is 3.82. The van der Waals surface area contributed by atoms with Crippen molar-refractivity contribution < 1.29 is 13.2 Å². The first-order valence-electron chi connectivity index (χ1n) is 6.79. The molecule has 2 atom stereocenters. The zero-order valence-electron chi connectivity index (χ0n) is 12.0. The molecule has 1 aliphatic carbocycles. The van der Waals surface area contributed by atoms with E-state index in [0.717, 1.165) is 37.6 Å². The van der Waals surface area contributed by atoms with E-state index in [2.05, 4.69) is 17.2 Å². The number of aromatic nitrogens is 1. The van der Waals surface area contributed by atoms with Gasteiger partial charge in [0.1, 0.15) is 5.25 Å². The second-order valence-electron chi connectivity index (χ2n) is 5.37. The Labute approximate surface area is 123 Å². The van der Waals surface area contributed by atoms with Crippen LogP contribution in [0, 0.1) is 5.92 Å². The van der Waals surface area contributed by atoms with Crippen molar-refractivity contribution in [3.8, 4) is 0 Å². The van der Waals surface area contributed by atoms with E-state index in [-0.39, 0.29) is 0 Å². The van der Waals surface area contributed by atoms with Crippen LogP contribution in [0.5, 0.6) is 0 Å². The molecular weight excluding hydrogens is 296 g/mol. The van der Waals surface area contributed by atoms with Crippen molar-refractivity contribution in [2.45, 2.75) is 44.8 Å². The molecule has 0 aromatic carbocycles. The molecule has 7 heteroatoms. The number of nitrogens with one attached hydrogen (secondary N) is 1. The van der Waals surface area contributed by atoms with Crippen molar-refractivity contribution in [1.82, 2.24) is 4.98 Å². The maximum atomic E-state index is 11.9. The lowest BCUT2D eigenvalue weighted by molar-refractivity contribution is -0.115. The van der Waals surface area contributed by atoms with Gasteiger partial charge in [-0.3, -0.25) is 4.79 Å². The summed E-state index contributed by atoms with van der Waals surface area (Å²) in [5, 5.41) is 2.10. The summed E-state index contributed by atoms with van der Waals surface area (Å²) in [7, 11) is -3.37. The molecule has 0 saturated heterocycles. The Bertz CT molecular complexity index is 607. The van der Waals surface area contributed by atoms with Crippen molar-refractivity contribution in [2.75, 3.05) is 11.6 Å². The molecule has 0 saturated carbocycles. The minimum atomic E-state index is -3.37. The normalized spacial score (nSPS) is 20.2. The molecule has 0 fully saturated rings. The lowest BCUT2D eigenvalue weighted by Crippen LogP contribution is -2.31. The third-order valence-electron chi connectivity index (χ3n) is 3.86. The average Bonchev–Trinajstić information content (AvgIpc) is 2.77. The van der Waals surface area contributed by atoms with E-state index in [4.69, 9.17) is 0 Å².